The zero-order chi connectivity index (χ0) is 26.4. The van der Waals surface area contributed by atoms with Crippen molar-refractivity contribution in [2.45, 2.75) is 32.1 Å². The molecule has 0 radical (unpaired) electrons. The van der Waals surface area contributed by atoms with Crippen molar-refractivity contribution in [3.05, 3.63) is 81.7 Å². The summed E-state index contributed by atoms with van der Waals surface area (Å²) in [5, 5.41) is 0. The molecule has 0 spiro atoms. The Morgan fingerprint density at radius 1 is 1.19 bits per heavy atom. The van der Waals surface area contributed by atoms with Crippen molar-refractivity contribution in [1.82, 2.24) is 24.3 Å². The third kappa shape index (κ3) is 4.87. The van der Waals surface area contributed by atoms with Crippen LogP contribution in [0.2, 0.25) is 0 Å². The maximum atomic E-state index is 13.3. The molecule has 2 aliphatic rings. The molecule has 0 bridgehead atoms. The summed E-state index contributed by atoms with van der Waals surface area (Å²) >= 11 is 0. The fraction of sp³-hybridized carbons (Fsp3) is 0.444. The third-order valence-corrected chi connectivity index (χ3v) is 7.67. The summed E-state index contributed by atoms with van der Waals surface area (Å²) in [6.07, 6.45) is -0.770. The van der Waals surface area contributed by atoms with Crippen LogP contribution in [0.3, 0.4) is 0 Å². The largest absolute Gasteiger partial charge is 0.417 e. The van der Waals surface area contributed by atoms with Gasteiger partial charge in [-0.25, -0.2) is 4.98 Å². The van der Waals surface area contributed by atoms with E-state index < -0.39 is 11.7 Å². The lowest BCUT2D eigenvalue weighted by Gasteiger charge is -2.41. The van der Waals surface area contributed by atoms with E-state index in [1.54, 1.807) is 18.7 Å². The molecular formula is C27H30F3N5O2. The van der Waals surface area contributed by atoms with Gasteiger partial charge in [-0.15, -0.1) is 0 Å². The van der Waals surface area contributed by atoms with E-state index in [0.29, 0.717) is 50.5 Å². The van der Waals surface area contributed by atoms with Crippen LogP contribution < -0.4 is 5.56 Å². The maximum absolute atomic E-state index is 13.3. The average Bonchev–Trinajstić information content (AvgIpc) is 3.28. The van der Waals surface area contributed by atoms with Crippen LogP contribution in [0.4, 0.5) is 13.2 Å². The van der Waals surface area contributed by atoms with Gasteiger partial charge in [-0.1, -0.05) is 12.6 Å². The van der Waals surface area contributed by atoms with E-state index in [1.165, 1.54) is 12.3 Å². The molecule has 1 unspecified atom stereocenters. The van der Waals surface area contributed by atoms with Gasteiger partial charge in [-0.2, -0.15) is 13.2 Å². The van der Waals surface area contributed by atoms with Crippen LogP contribution in [0.25, 0.3) is 11.0 Å². The summed E-state index contributed by atoms with van der Waals surface area (Å²) in [5.74, 6) is 0. The first-order valence-corrected chi connectivity index (χ1v) is 12.2. The second-order valence-electron chi connectivity index (χ2n) is 10.1. The van der Waals surface area contributed by atoms with E-state index in [9.17, 15) is 18.0 Å². The van der Waals surface area contributed by atoms with Crippen molar-refractivity contribution in [3.63, 3.8) is 0 Å². The first-order chi connectivity index (χ1) is 17.6. The third-order valence-electron chi connectivity index (χ3n) is 7.67. The van der Waals surface area contributed by atoms with Gasteiger partial charge in [0.2, 0.25) is 0 Å². The maximum Gasteiger partial charge on any atom is 0.417 e. The molecule has 3 aromatic rings. The van der Waals surface area contributed by atoms with Crippen molar-refractivity contribution in [2.24, 2.45) is 12.5 Å². The van der Waals surface area contributed by atoms with Crippen molar-refractivity contribution >= 4 is 11.0 Å². The zero-order valence-electron chi connectivity index (χ0n) is 21.0. The monoisotopic (exact) mass is 513 g/mol. The Morgan fingerprint density at radius 3 is 2.76 bits per heavy atom. The van der Waals surface area contributed by atoms with Crippen molar-refractivity contribution in [2.75, 3.05) is 33.4 Å². The molecular weight excluding hydrogens is 483 g/mol. The number of aryl methyl sites for hydroxylation is 1. The second kappa shape index (κ2) is 9.57. The van der Waals surface area contributed by atoms with Gasteiger partial charge in [0, 0.05) is 69.8 Å². The molecule has 0 N–H and O–H groups in total. The van der Waals surface area contributed by atoms with Crippen LogP contribution in [-0.4, -0.2) is 57.7 Å². The lowest BCUT2D eigenvalue weighted by Crippen LogP contribution is -2.42. The van der Waals surface area contributed by atoms with Gasteiger partial charge < -0.3 is 14.2 Å². The van der Waals surface area contributed by atoms with Crippen LogP contribution in [0.1, 0.15) is 28.8 Å². The molecule has 5 rings (SSSR count). The minimum absolute atomic E-state index is 0.151. The fourth-order valence-electron chi connectivity index (χ4n) is 5.59. The molecule has 1 saturated heterocycles. The van der Waals surface area contributed by atoms with Gasteiger partial charge in [0.1, 0.15) is 0 Å². The molecule has 0 amide bonds. The van der Waals surface area contributed by atoms with E-state index in [4.69, 9.17) is 4.74 Å². The number of hydrogen-bond acceptors (Lipinski definition) is 6. The van der Waals surface area contributed by atoms with Crippen molar-refractivity contribution < 1.29 is 17.9 Å². The number of hydrogen-bond donors (Lipinski definition) is 0. The lowest BCUT2D eigenvalue weighted by molar-refractivity contribution is -0.137. The number of methoxy groups -OCH3 is 1. The highest BCUT2D eigenvalue weighted by Gasteiger charge is 2.43. The first kappa shape index (κ1) is 25.4. The predicted octanol–water partition coefficient (Wildman–Crippen LogP) is 3.76. The highest BCUT2D eigenvalue weighted by molar-refractivity contribution is 5.75. The average molecular weight is 514 g/mol. The highest BCUT2D eigenvalue weighted by Crippen LogP contribution is 2.41. The summed E-state index contributed by atoms with van der Waals surface area (Å²) in [4.78, 5) is 24.8. The number of nitrogens with zero attached hydrogens (tertiary/aromatic N) is 5. The van der Waals surface area contributed by atoms with Crippen molar-refractivity contribution in [1.29, 1.82) is 0 Å². The fourth-order valence-corrected chi connectivity index (χ4v) is 5.59. The Bertz CT molecular complexity index is 1400. The first-order valence-electron chi connectivity index (χ1n) is 12.2. The summed E-state index contributed by atoms with van der Waals surface area (Å²) in [6.45, 7) is 8.15. The van der Waals surface area contributed by atoms with Gasteiger partial charge in [-0.05, 0) is 42.3 Å². The smallest absolute Gasteiger partial charge is 0.384 e. The normalized spacial score (nSPS) is 20.4. The topological polar surface area (TPSA) is 63.5 Å². The second-order valence-corrected chi connectivity index (χ2v) is 10.1. The highest BCUT2D eigenvalue weighted by atomic mass is 19.4. The van der Waals surface area contributed by atoms with Crippen LogP contribution in [0, 0.1) is 5.41 Å². The summed E-state index contributed by atoms with van der Waals surface area (Å²) in [5.41, 5.74) is 3.62. The lowest BCUT2D eigenvalue weighted by atomic mass is 9.83. The SMILES string of the molecule is C=C(N1CCc2ncc(C(F)(F)F)cc2C1)C1(COC)CCN(Cc2ccc3ncc(=O)n(C)c3c2)C1. The molecule has 4 heterocycles. The number of fused-ring (bicyclic) bond motifs is 2. The van der Waals surface area contributed by atoms with Gasteiger partial charge >= 0.3 is 6.18 Å². The minimum atomic E-state index is -4.42. The van der Waals surface area contributed by atoms with Crippen LogP contribution in [-0.2, 0) is 37.5 Å². The molecule has 37 heavy (non-hydrogen) atoms. The van der Waals surface area contributed by atoms with Gasteiger partial charge in [0.05, 0.1) is 29.4 Å². The molecule has 1 aromatic carbocycles. The molecule has 0 saturated carbocycles. The van der Waals surface area contributed by atoms with E-state index in [1.807, 2.05) is 18.2 Å². The van der Waals surface area contributed by atoms with E-state index in [0.717, 1.165) is 41.5 Å². The molecule has 10 heteroatoms. The molecule has 7 nitrogen and oxygen atoms in total. The summed E-state index contributed by atoms with van der Waals surface area (Å²) in [7, 11) is 3.41. The quantitative estimate of drug-likeness (QED) is 0.500. The number of alkyl halides is 3. The number of pyridine rings is 1. The molecule has 0 aliphatic carbocycles. The Morgan fingerprint density at radius 2 is 2.00 bits per heavy atom. The van der Waals surface area contributed by atoms with Gasteiger partial charge in [0.25, 0.3) is 5.56 Å². The summed E-state index contributed by atoms with van der Waals surface area (Å²) in [6, 6.07) is 7.17. The van der Waals surface area contributed by atoms with Crippen LogP contribution in [0.15, 0.2) is 53.7 Å². The van der Waals surface area contributed by atoms with E-state index in [-0.39, 0.29) is 11.0 Å². The standard InChI is InChI=1S/C27H30F3N5O2/c1-18(35-8-6-22-20(15-35)11-21(12-31-22)27(28,29)30)26(17-37-3)7-9-34(16-26)14-19-4-5-23-24(10-19)33(2)25(36)13-32-23/h4-5,10-13H,1,6-9,14-17H2,2-3H3. The Kier molecular flexibility index (Phi) is 6.57. The summed E-state index contributed by atoms with van der Waals surface area (Å²) < 4.78 is 47.0. The predicted molar refractivity (Wildman–Crippen MR) is 134 cm³/mol. The Hall–Kier alpha value is -3.24. The Labute approximate surface area is 213 Å². The van der Waals surface area contributed by atoms with Crippen molar-refractivity contribution in [3.8, 4) is 0 Å². The number of aromatic nitrogens is 3. The van der Waals surface area contributed by atoms with E-state index >= 15 is 0 Å². The number of rotatable bonds is 6. The van der Waals surface area contributed by atoms with Gasteiger partial charge in [0.15, 0.2) is 0 Å². The van der Waals surface area contributed by atoms with Crippen LogP contribution in [0.5, 0.6) is 0 Å². The number of halogens is 3. The Balaban J connectivity index is 1.34. The number of likely N-dealkylation sites (tertiary alicyclic amines) is 1. The van der Waals surface area contributed by atoms with E-state index in [2.05, 4.69) is 26.3 Å². The molecule has 2 aromatic heterocycles. The number of benzene rings is 1. The zero-order valence-corrected chi connectivity index (χ0v) is 21.0. The molecule has 2 aliphatic heterocycles. The minimum Gasteiger partial charge on any atom is -0.384 e. The number of ether oxygens (including phenoxy) is 1. The molecule has 1 fully saturated rings. The molecule has 196 valence electrons. The van der Waals surface area contributed by atoms with Crippen LogP contribution >= 0.6 is 0 Å². The molecule has 1 atom stereocenters. The van der Waals surface area contributed by atoms with Gasteiger partial charge in [-0.3, -0.25) is 14.7 Å².